The van der Waals surface area contributed by atoms with Gasteiger partial charge in [0, 0.05) is 37.7 Å². The first-order valence-electron chi connectivity index (χ1n) is 9.56. The highest BCUT2D eigenvalue weighted by atomic mass is 35.5. The molecule has 2 amide bonds. The largest absolute Gasteiger partial charge is 0.341 e. The smallest absolute Gasteiger partial charge is 0.288 e. The van der Waals surface area contributed by atoms with Crippen LogP contribution in [0.4, 0.5) is 5.69 Å². The van der Waals surface area contributed by atoms with E-state index in [4.69, 9.17) is 11.6 Å². The fraction of sp³-hybridized carbons (Fsp3) is 0.333. The molecule has 8 heteroatoms. The monoisotopic (exact) mass is 413 g/mol. The summed E-state index contributed by atoms with van der Waals surface area (Å²) in [5, 5.41) is 11.2. The fourth-order valence-corrected chi connectivity index (χ4v) is 4.24. The van der Waals surface area contributed by atoms with Crippen LogP contribution in [0.1, 0.15) is 34.3 Å². The molecule has 2 aromatic rings. The van der Waals surface area contributed by atoms with Crippen LogP contribution in [0, 0.1) is 10.1 Å². The van der Waals surface area contributed by atoms with Crippen LogP contribution in [0.15, 0.2) is 42.5 Å². The molecule has 0 aliphatic carbocycles. The molecule has 4 rings (SSSR count). The number of fused-ring (bicyclic) bond motifs is 1. The molecule has 29 heavy (non-hydrogen) atoms. The lowest BCUT2D eigenvalue weighted by atomic mass is 9.92. The topological polar surface area (TPSA) is 83.8 Å². The van der Waals surface area contributed by atoms with E-state index < -0.39 is 16.9 Å². The number of hydrogen-bond acceptors (Lipinski definition) is 4. The third-order valence-electron chi connectivity index (χ3n) is 5.60. The number of amides is 2. The molecular formula is C21H20ClN3O4. The lowest BCUT2D eigenvalue weighted by Crippen LogP contribution is -2.53. The zero-order chi connectivity index (χ0) is 20.5. The van der Waals surface area contributed by atoms with Crippen LogP contribution >= 0.6 is 11.6 Å². The number of likely N-dealkylation sites (tertiary alicyclic amines) is 1. The van der Waals surface area contributed by atoms with E-state index in [-0.39, 0.29) is 28.7 Å². The van der Waals surface area contributed by atoms with Crippen LogP contribution in [0.25, 0.3) is 0 Å². The maximum atomic E-state index is 13.3. The quantitative estimate of drug-likeness (QED) is 0.570. The Labute approximate surface area is 173 Å². The molecule has 0 unspecified atom stereocenters. The molecular weight excluding hydrogens is 394 g/mol. The molecule has 2 aliphatic rings. The summed E-state index contributed by atoms with van der Waals surface area (Å²) in [6, 6.07) is 11.1. The number of carbonyl (C=O) groups excluding carboxylic acids is 2. The Kier molecular flexibility index (Phi) is 5.24. The molecule has 0 radical (unpaired) electrons. The summed E-state index contributed by atoms with van der Waals surface area (Å²) in [5.74, 6) is -0.467. The number of rotatable bonds is 3. The third kappa shape index (κ3) is 3.70. The predicted molar refractivity (Wildman–Crippen MR) is 108 cm³/mol. The molecule has 1 saturated heterocycles. The molecule has 7 nitrogen and oxygen atoms in total. The summed E-state index contributed by atoms with van der Waals surface area (Å²) in [6.45, 7) is 1.69. The first-order chi connectivity index (χ1) is 14.0. The number of nitrogens with zero attached hydrogens (tertiary/aromatic N) is 3. The van der Waals surface area contributed by atoms with E-state index in [2.05, 4.69) is 0 Å². The Bertz CT molecular complexity index is 988. The molecule has 2 heterocycles. The van der Waals surface area contributed by atoms with Crippen molar-refractivity contribution in [2.45, 2.75) is 31.8 Å². The van der Waals surface area contributed by atoms with Crippen molar-refractivity contribution in [3.63, 3.8) is 0 Å². The van der Waals surface area contributed by atoms with Crippen LogP contribution in [0.5, 0.6) is 0 Å². The lowest BCUT2D eigenvalue weighted by molar-refractivity contribution is -0.384. The second-order valence-electron chi connectivity index (χ2n) is 7.38. The van der Waals surface area contributed by atoms with E-state index in [0.717, 1.165) is 24.0 Å². The molecule has 0 bridgehead atoms. The van der Waals surface area contributed by atoms with Gasteiger partial charge in [0.2, 0.25) is 5.91 Å². The van der Waals surface area contributed by atoms with Crippen LogP contribution in [0.2, 0.25) is 5.02 Å². The average molecular weight is 414 g/mol. The SMILES string of the molecule is O=C([C@H]1Cc2ccccc2CN1C(=O)c1ccc(Cl)c([N+](=O)[O-])c1)N1CCCC1. The van der Waals surface area contributed by atoms with E-state index in [1.54, 1.807) is 0 Å². The van der Waals surface area contributed by atoms with Crippen molar-refractivity contribution in [1.29, 1.82) is 0 Å². The van der Waals surface area contributed by atoms with Gasteiger partial charge >= 0.3 is 0 Å². The summed E-state index contributed by atoms with van der Waals surface area (Å²) in [5.41, 5.74) is 1.86. The summed E-state index contributed by atoms with van der Waals surface area (Å²) in [4.78, 5) is 40.5. The first-order valence-corrected chi connectivity index (χ1v) is 9.94. The second-order valence-corrected chi connectivity index (χ2v) is 7.78. The van der Waals surface area contributed by atoms with Gasteiger partial charge in [-0.2, -0.15) is 0 Å². The van der Waals surface area contributed by atoms with Gasteiger partial charge in [-0.25, -0.2) is 0 Å². The highest BCUT2D eigenvalue weighted by molar-refractivity contribution is 6.32. The molecule has 2 aliphatic heterocycles. The average Bonchev–Trinajstić information content (AvgIpc) is 3.27. The molecule has 0 aromatic heterocycles. The number of carbonyl (C=O) groups is 2. The van der Waals surface area contributed by atoms with Crippen molar-refractivity contribution in [1.82, 2.24) is 9.80 Å². The predicted octanol–water partition coefficient (Wildman–Crippen LogP) is 3.44. The molecule has 0 spiro atoms. The van der Waals surface area contributed by atoms with Gasteiger partial charge in [0.1, 0.15) is 11.1 Å². The van der Waals surface area contributed by atoms with Crippen LogP contribution in [-0.4, -0.2) is 45.7 Å². The number of benzene rings is 2. The Hall–Kier alpha value is -2.93. The fourth-order valence-electron chi connectivity index (χ4n) is 4.06. The molecule has 1 atom stereocenters. The van der Waals surface area contributed by atoms with Crippen molar-refractivity contribution < 1.29 is 14.5 Å². The van der Waals surface area contributed by atoms with Crippen LogP contribution in [0.3, 0.4) is 0 Å². The third-order valence-corrected chi connectivity index (χ3v) is 5.92. The molecule has 2 aromatic carbocycles. The van der Waals surface area contributed by atoms with Crippen molar-refractivity contribution in [2.75, 3.05) is 13.1 Å². The van der Waals surface area contributed by atoms with Gasteiger partial charge < -0.3 is 9.80 Å². The lowest BCUT2D eigenvalue weighted by Gasteiger charge is -2.38. The van der Waals surface area contributed by atoms with E-state index in [9.17, 15) is 19.7 Å². The number of halogens is 1. The van der Waals surface area contributed by atoms with Gasteiger partial charge in [0.15, 0.2) is 0 Å². The van der Waals surface area contributed by atoms with E-state index >= 15 is 0 Å². The van der Waals surface area contributed by atoms with Gasteiger partial charge in [-0.15, -0.1) is 0 Å². The standard InChI is InChI=1S/C21H20ClN3O4/c22-17-8-7-15(12-18(17)25(28)29)20(26)24-13-16-6-2-1-5-14(16)11-19(24)21(27)23-9-3-4-10-23/h1-2,5-8,12,19H,3-4,9-11,13H2/t19-/m1/s1. The maximum absolute atomic E-state index is 13.3. The van der Waals surface area contributed by atoms with Crippen molar-refractivity contribution in [3.05, 3.63) is 74.3 Å². The first kappa shape index (κ1) is 19.4. The number of nitro benzene ring substituents is 1. The van der Waals surface area contributed by atoms with Crippen molar-refractivity contribution in [2.24, 2.45) is 0 Å². The minimum Gasteiger partial charge on any atom is -0.341 e. The Morgan fingerprint density at radius 2 is 1.76 bits per heavy atom. The summed E-state index contributed by atoms with van der Waals surface area (Å²) in [6.07, 6.45) is 2.37. The summed E-state index contributed by atoms with van der Waals surface area (Å²) in [7, 11) is 0. The summed E-state index contributed by atoms with van der Waals surface area (Å²) >= 11 is 5.89. The van der Waals surface area contributed by atoms with Crippen LogP contribution < -0.4 is 0 Å². The van der Waals surface area contributed by atoms with Gasteiger partial charge in [-0.1, -0.05) is 35.9 Å². The van der Waals surface area contributed by atoms with E-state index in [0.29, 0.717) is 19.5 Å². The zero-order valence-electron chi connectivity index (χ0n) is 15.7. The van der Waals surface area contributed by atoms with Crippen molar-refractivity contribution >= 4 is 29.1 Å². The van der Waals surface area contributed by atoms with Gasteiger partial charge in [0.25, 0.3) is 11.6 Å². The van der Waals surface area contributed by atoms with Gasteiger partial charge in [-0.3, -0.25) is 19.7 Å². The zero-order valence-corrected chi connectivity index (χ0v) is 16.5. The number of nitro groups is 1. The highest BCUT2D eigenvalue weighted by Gasteiger charge is 2.38. The molecule has 150 valence electrons. The molecule has 0 saturated carbocycles. The minimum absolute atomic E-state index is 0.0276. The second kappa shape index (κ2) is 7.83. The van der Waals surface area contributed by atoms with E-state index in [1.807, 2.05) is 29.2 Å². The minimum atomic E-state index is -0.620. The normalized spacial score (nSPS) is 18.4. The van der Waals surface area contributed by atoms with Gasteiger partial charge in [-0.05, 0) is 36.1 Å². The molecule has 1 fully saturated rings. The van der Waals surface area contributed by atoms with Crippen molar-refractivity contribution in [3.8, 4) is 0 Å². The Morgan fingerprint density at radius 1 is 1.07 bits per heavy atom. The summed E-state index contributed by atoms with van der Waals surface area (Å²) < 4.78 is 0. The number of hydrogen-bond donors (Lipinski definition) is 0. The Morgan fingerprint density at radius 3 is 2.45 bits per heavy atom. The maximum Gasteiger partial charge on any atom is 0.288 e. The highest BCUT2D eigenvalue weighted by Crippen LogP contribution is 2.30. The van der Waals surface area contributed by atoms with Gasteiger partial charge in [0.05, 0.1) is 4.92 Å². The Balaban J connectivity index is 1.70. The van der Waals surface area contributed by atoms with E-state index in [1.165, 1.54) is 23.1 Å². The van der Waals surface area contributed by atoms with Crippen LogP contribution in [-0.2, 0) is 17.8 Å². The molecule has 0 N–H and O–H groups in total.